The average Bonchev–Trinajstić information content (AvgIpc) is 3.11. The number of aromatic nitrogens is 2. The molecule has 2 amide bonds. The second kappa shape index (κ2) is 7.67. The SMILES string of the molecule is O=C(NC1Cc2ccccc2C1)c1nccnc1NC(=O)C1(O)CCCCC1. The molecule has 4 rings (SSSR count). The maximum atomic E-state index is 12.8. The Hall–Kier alpha value is -2.80. The van der Waals surface area contributed by atoms with E-state index in [1.807, 2.05) is 12.1 Å². The van der Waals surface area contributed by atoms with E-state index in [1.54, 1.807) is 0 Å². The molecule has 0 unspecified atom stereocenters. The summed E-state index contributed by atoms with van der Waals surface area (Å²) in [6, 6.07) is 8.11. The number of hydrogen-bond donors (Lipinski definition) is 3. The molecule has 1 aromatic heterocycles. The highest BCUT2D eigenvalue weighted by molar-refractivity contribution is 6.03. The standard InChI is InChI=1S/C21H24N4O3/c26-19(24-16-12-14-6-2-3-7-15(14)13-16)17-18(23-11-10-22-17)25-20(27)21(28)8-4-1-5-9-21/h2-3,6-7,10-11,16,28H,1,4-5,8-9,12-13H2,(H,24,26)(H,23,25,27). The molecule has 7 nitrogen and oxygen atoms in total. The smallest absolute Gasteiger partial charge is 0.273 e. The summed E-state index contributed by atoms with van der Waals surface area (Å²) >= 11 is 0. The molecule has 0 bridgehead atoms. The zero-order chi connectivity index (χ0) is 19.6. The Labute approximate surface area is 163 Å². The van der Waals surface area contributed by atoms with Gasteiger partial charge in [-0.3, -0.25) is 9.59 Å². The molecule has 2 aliphatic rings. The fourth-order valence-corrected chi connectivity index (χ4v) is 4.10. The number of nitrogens with one attached hydrogen (secondary N) is 2. The van der Waals surface area contributed by atoms with Gasteiger partial charge >= 0.3 is 0 Å². The molecular formula is C21H24N4O3. The van der Waals surface area contributed by atoms with Crippen LogP contribution in [-0.4, -0.2) is 38.5 Å². The molecule has 1 fully saturated rings. The van der Waals surface area contributed by atoms with Crippen LogP contribution in [0.25, 0.3) is 0 Å². The normalized spacial score (nSPS) is 18.3. The maximum Gasteiger partial charge on any atom is 0.273 e. The van der Waals surface area contributed by atoms with E-state index in [0.29, 0.717) is 12.8 Å². The van der Waals surface area contributed by atoms with Crippen molar-refractivity contribution in [2.24, 2.45) is 0 Å². The van der Waals surface area contributed by atoms with Crippen molar-refractivity contribution < 1.29 is 14.7 Å². The average molecular weight is 380 g/mol. The van der Waals surface area contributed by atoms with Gasteiger partial charge in [-0.1, -0.05) is 43.5 Å². The fraction of sp³-hybridized carbons (Fsp3) is 0.429. The molecule has 7 heteroatoms. The predicted molar refractivity (Wildman–Crippen MR) is 104 cm³/mol. The van der Waals surface area contributed by atoms with Gasteiger partial charge in [0.05, 0.1) is 0 Å². The van der Waals surface area contributed by atoms with Gasteiger partial charge in [0.15, 0.2) is 11.5 Å². The summed E-state index contributed by atoms with van der Waals surface area (Å²) in [5, 5.41) is 16.2. The van der Waals surface area contributed by atoms with Gasteiger partial charge in [0.1, 0.15) is 5.60 Å². The second-order valence-corrected chi connectivity index (χ2v) is 7.65. The number of carbonyl (C=O) groups is 2. The van der Waals surface area contributed by atoms with Crippen molar-refractivity contribution in [2.75, 3.05) is 5.32 Å². The molecule has 1 heterocycles. The van der Waals surface area contributed by atoms with Gasteiger partial charge in [0.2, 0.25) is 0 Å². The molecule has 2 aromatic rings. The summed E-state index contributed by atoms with van der Waals surface area (Å²) in [5.74, 6) is -0.814. The van der Waals surface area contributed by atoms with Crippen LogP contribution in [0.1, 0.15) is 53.7 Å². The third-order valence-electron chi connectivity index (χ3n) is 5.63. The molecule has 0 aliphatic heterocycles. The van der Waals surface area contributed by atoms with Gasteiger partial charge in [0, 0.05) is 18.4 Å². The lowest BCUT2D eigenvalue weighted by molar-refractivity contribution is -0.137. The monoisotopic (exact) mass is 380 g/mol. The van der Waals surface area contributed by atoms with Crippen molar-refractivity contribution in [2.45, 2.75) is 56.6 Å². The highest BCUT2D eigenvalue weighted by atomic mass is 16.3. The van der Waals surface area contributed by atoms with E-state index in [-0.39, 0.29) is 23.5 Å². The zero-order valence-electron chi connectivity index (χ0n) is 15.6. The maximum absolute atomic E-state index is 12.8. The summed E-state index contributed by atoms with van der Waals surface area (Å²) in [6.07, 6.45) is 7.83. The minimum absolute atomic E-state index is 0.0158. The van der Waals surface area contributed by atoms with Crippen LogP contribution < -0.4 is 10.6 Å². The van der Waals surface area contributed by atoms with Gasteiger partial charge in [0.25, 0.3) is 11.8 Å². The number of rotatable bonds is 4. The number of anilines is 1. The van der Waals surface area contributed by atoms with Crippen LogP contribution in [0.5, 0.6) is 0 Å². The summed E-state index contributed by atoms with van der Waals surface area (Å²) in [6.45, 7) is 0. The van der Waals surface area contributed by atoms with Crippen molar-refractivity contribution in [3.63, 3.8) is 0 Å². The highest BCUT2D eigenvalue weighted by Crippen LogP contribution is 2.29. The summed E-state index contributed by atoms with van der Waals surface area (Å²) in [5.41, 5.74) is 1.13. The van der Waals surface area contributed by atoms with Crippen molar-refractivity contribution in [1.29, 1.82) is 0 Å². The van der Waals surface area contributed by atoms with Crippen LogP contribution in [0.3, 0.4) is 0 Å². The Morgan fingerprint density at radius 2 is 1.64 bits per heavy atom. The van der Waals surface area contributed by atoms with Crippen LogP contribution in [0.15, 0.2) is 36.7 Å². The summed E-state index contributed by atoms with van der Waals surface area (Å²) in [4.78, 5) is 33.6. The van der Waals surface area contributed by atoms with Gasteiger partial charge < -0.3 is 15.7 Å². The number of hydrogen-bond acceptors (Lipinski definition) is 5. The van der Waals surface area contributed by atoms with E-state index in [4.69, 9.17) is 0 Å². The molecule has 0 saturated heterocycles. The molecule has 2 aliphatic carbocycles. The lowest BCUT2D eigenvalue weighted by atomic mass is 9.84. The minimum Gasteiger partial charge on any atom is -0.380 e. The molecule has 146 valence electrons. The third kappa shape index (κ3) is 3.75. The second-order valence-electron chi connectivity index (χ2n) is 7.65. The molecule has 0 radical (unpaired) electrons. The van der Waals surface area contributed by atoms with Crippen molar-refractivity contribution in [1.82, 2.24) is 15.3 Å². The first kappa shape index (κ1) is 18.6. The Bertz CT molecular complexity index is 868. The summed E-state index contributed by atoms with van der Waals surface area (Å²) in [7, 11) is 0. The fourth-order valence-electron chi connectivity index (χ4n) is 4.10. The Kier molecular flexibility index (Phi) is 5.09. The van der Waals surface area contributed by atoms with E-state index >= 15 is 0 Å². The first-order chi connectivity index (χ1) is 13.5. The lowest BCUT2D eigenvalue weighted by Gasteiger charge is -2.30. The van der Waals surface area contributed by atoms with Crippen molar-refractivity contribution in [3.05, 3.63) is 53.5 Å². The number of aliphatic hydroxyl groups is 1. The highest BCUT2D eigenvalue weighted by Gasteiger charge is 2.38. The molecule has 1 saturated carbocycles. The largest absolute Gasteiger partial charge is 0.380 e. The Balaban J connectivity index is 1.45. The predicted octanol–water partition coefficient (Wildman–Crippen LogP) is 2.01. The molecular weight excluding hydrogens is 356 g/mol. The Morgan fingerprint density at radius 1 is 1.00 bits per heavy atom. The number of amides is 2. The van der Waals surface area contributed by atoms with E-state index in [0.717, 1.165) is 32.1 Å². The van der Waals surface area contributed by atoms with E-state index < -0.39 is 11.5 Å². The molecule has 28 heavy (non-hydrogen) atoms. The number of benzene rings is 1. The lowest BCUT2D eigenvalue weighted by Crippen LogP contribution is -2.45. The van der Waals surface area contributed by atoms with E-state index in [2.05, 4.69) is 32.7 Å². The summed E-state index contributed by atoms with van der Waals surface area (Å²) < 4.78 is 0. The zero-order valence-corrected chi connectivity index (χ0v) is 15.6. The van der Waals surface area contributed by atoms with Crippen LogP contribution in [0.4, 0.5) is 5.82 Å². The minimum atomic E-state index is -1.41. The van der Waals surface area contributed by atoms with Crippen molar-refractivity contribution in [3.8, 4) is 0 Å². The molecule has 0 atom stereocenters. The number of carbonyl (C=O) groups excluding carboxylic acids is 2. The number of fused-ring (bicyclic) bond motifs is 1. The first-order valence-electron chi connectivity index (χ1n) is 9.78. The van der Waals surface area contributed by atoms with Gasteiger partial charge in [-0.25, -0.2) is 9.97 Å². The van der Waals surface area contributed by atoms with E-state index in [9.17, 15) is 14.7 Å². The van der Waals surface area contributed by atoms with Gasteiger partial charge in [-0.05, 0) is 36.8 Å². The van der Waals surface area contributed by atoms with Crippen LogP contribution in [0, 0.1) is 0 Å². The van der Waals surface area contributed by atoms with Crippen LogP contribution >= 0.6 is 0 Å². The molecule has 0 spiro atoms. The number of nitrogens with zero attached hydrogens (tertiary/aromatic N) is 2. The van der Waals surface area contributed by atoms with Crippen molar-refractivity contribution >= 4 is 17.6 Å². The molecule has 1 aromatic carbocycles. The first-order valence-corrected chi connectivity index (χ1v) is 9.78. The molecule has 3 N–H and O–H groups in total. The Morgan fingerprint density at radius 3 is 2.32 bits per heavy atom. The van der Waals surface area contributed by atoms with Gasteiger partial charge in [-0.2, -0.15) is 0 Å². The van der Waals surface area contributed by atoms with Gasteiger partial charge in [-0.15, -0.1) is 0 Å². The van der Waals surface area contributed by atoms with Crippen LogP contribution in [-0.2, 0) is 17.6 Å². The van der Waals surface area contributed by atoms with E-state index in [1.165, 1.54) is 23.5 Å². The topological polar surface area (TPSA) is 104 Å². The van der Waals surface area contributed by atoms with Crippen LogP contribution in [0.2, 0.25) is 0 Å². The third-order valence-corrected chi connectivity index (χ3v) is 5.63. The quantitative estimate of drug-likeness (QED) is 0.753.